The first-order chi connectivity index (χ1) is 9.28. The fourth-order valence-corrected chi connectivity index (χ4v) is 3.03. The van der Waals surface area contributed by atoms with Crippen LogP contribution in [-0.4, -0.2) is 17.1 Å². The summed E-state index contributed by atoms with van der Waals surface area (Å²) in [7, 11) is 1.61. The highest BCUT2D eigenvalue weighted by atomic mass is 16.5. The first kappa shape index (κ1) is 14.2. The van der Waals surface area contributed by atoms with Crippen LogP contribution >= 0.6 is 0 Å². The van der Waals surface area contributed by atoms with Crippen LogP contribution in [0.15, 0.2) is 12.4 Å². The molecule has 5 heteroatoms. The zero-order valence-electron chi connectivity index (χ0n) is 11.8. The van der Waals surface area contributed by atoms with E-state index in [2.05, 4.69) is 22.3 Å². The van der Waals surface area contributed by atoms with Crippen molar-refractivity contribution in [2.75, 3.05) is 7.11 Å². The molecular formula is C14H24N4O. The van der Waals surface area contributed by atoms with E-state index in [1.54, 1.807) is 7.11 Å². The van der Waals surface area contributed by atoms with Gasteiger partial charge in [-0.1, -0.05) is 26.2 Å². The smallest absolute Gasteiger partial charge is 0.216 e. The van der Waals surface area contributed by atoms with E-state index in [0.717, 1.165) is 11.6 Å². The number of aromatic nitrogens is 2. The van der Waals surface area contributed by atoms with Gasteiger partial charge in [0.1, 0.15) is 6.33 Å². The molecule has 5 nitrogen and oxygen atoms in total. The third-order valence-electron chi connectivity index (χ3n) is 4.31. The molecule has 0 aliphatic heterocycles. The average molecular weight is 264 g/mol. The molecule has 0 saturated heterocycles. The Hall–Kier alpha value is -1.20. The van der Waals surface area contributed by atoms with Gasteiger partial charge in [-0.3, -0.25) is 11.3 Å². The number of nitrogens with two attached hydrogens (primary N) is 1. The number of hydrogen-bond acceptors (Lipinski definition) is 5. The molecule has 1 aliphatic carbocycles. The number of methoxy groups -OCH3 is 1. The molecule has 1 fully saturated rings. The van der Waals surface area contributed by atoms with E-state index >= 15 is 0 Å². The Labute approximate surface area is 114 Å². The van der Waals surface area contributed by atoms with E-state index in [1.165, 1.54) is 38.4 Å². The van der Waals surface area contributed by atoms with Gasteiger partial charge in [-0.15, -0.1) is 0 Å². The maximum atomic E-state index is 5.74. The SMILES string of the molecule is CCC1CCC(C(NN)c2cc(OC)ncn2)CC1. The van der Waals surface area contributed by atoms with Gasteiger partial charge in [-0.25, -0.2) is 9.97 Å². The molecule has 106 valence electrons. The van der Waals surface area contributed by atoms with Gasteiger partial charge < -0.3 is 4.74 Å². The lowest BCUT2D eigenvalue weighted by Crippen LogP contribution is -2.36. The number of ether oxygens (including phenoxy) is 1. The maximum Gasteiger partial charge on any atom is 0.216 e. The molecule has 0 radical (unpaired) electrons. The summed E-state index contributed by atoms with van der Waals surface area (Å²) in [5, 5.41) is 0. The fraction of sp³-hybridized carbons (Fsp3) is 0.714. The van der Waals surface area contributed by atoms with Crippen LogP contribution in [0.4, 0.5) is 0 Å². The van der Waals surface area contributed by atoms with Crippen LogP contribution in [0.5, 0.6) is 5.88 Å². The van der Waals surface area contributed by atoms with Gasteiger partial charge in [0.2, 0.25) is 5.88 Å². The third-order valence-corrected chi connectivity index (χ3v) is 4.31. The molecule has 1 atom stereocenters. The molecule has 0 bridgehead atoms. The standard InChI is InChI=1S/C14H24N4O/c1-3-10-4-6-11(7-5-10)14(18-15)12-8-13(19-2)17-9-16-12/h8-11,14,18H,3-7,15H2,1-2H3. The highest BCUT2D eigenvalue weighted by molar-refractivity contribution is 5.17. The van der Waals surface area contributed by atoms with Crippen LogP contribution < -0.4 is 16.0 Å². The van der Waals surface area contributed by atoms with Gasteiger partial charge in [0.15, 0.2) is 0 Å². The Morgan fingerprint density at radius 2 is 2.11 bits per heavy atom. The monoisotopic (exact) mass is 264 g/mol. The van der Waals surface area contributed by atoms with E-state index in [4.69, 9.17) is 10.6 Å². The molecule has 0 spiro atoms. The second kappa shape index (κ2) is 6.82. The topological polar surface area (TPSA) is 73.1 Å². The molecule has 1 heterocycles. The van der Waals surface area contributed by atoms with E-state index < -0.39 is 0 Å². The molecule has 1 unspecified atom stereocenters. The first-order valence-corrected chi connectivity index (χ1v) is 7.10. The Bertz CT molecular complexity index is 391. The summed E-state index contributed by atoms with van der Waals surface area (Å²) in [6, 6.07) is 1.96. The predicted octanol–water partition coefficient (Wildman–Crippen LogP) is 2.21. The summed E-state index contributed by atoms with van der Waals surface area (Å²) in [5.41, 5.74) is 3.85. The van der Waals surface area contributed by atoms with Crippen LogP contribution in [0.2, 0.25) is 0 Å². The summed E-state index contributed by atoms with van der Waals surface area (Å²) in [5.74, 6) is 7.77. The highest BCUT2D eigenvalue weighted by Crippen LogP contribution is 2.37. The lowest BCUT2D eigenvalue weighted by molar-refractivity contribution is 0.216. The Kier molecular flexibility index (Phi) is 5.10. The van der Waals surface area contributed by atoms with Crippen LogP contribution in [0.3, 0.4) is 0 Å². The Morgan fingerprint density at radius 3 is 2.68 bits per heavy atom. The van der Waals surface area contributed by atoms with Gasteiger partial charge in [0.25, 0.3) is 0 Å². The van der Waals surface area contributed by atoms with Crippen LogP contribution in [0, 0.1) is 11.8 Å². The van der Waals surface area contributed by atoms with Crippen molar-refractivity contribution in [3.05, 3.63) is 18.1 Å². The van der Waals surface area contributed by atoms with Crippen molar-refractivity contribution in [3.63, 3.8) is 0 Å². The second-order valence-electron chi connectivity index (χ2n) is 5.32. The van der Waals surface area contributed by atoms with Crippen LogP contribution in [-0.2, 0) is 0 Å². The van der Waals surface area contributed by atoms with Crippen molar-refractivity contribution in [1.29, 1.82) is 0 Å². The quantitative estimate of drug-likeness (QED) is 0.630. The van der Waals surface area contributed by atoms with Gasteiger partial charge in [0.05, 0.1) is 18.8 Å². The number of rotatable bonds is 5. The molecule has 2 rings (SSSR count). The Morgan fingerprint density at radius 1 is 1.37 bits per heavy atom. The normalized spacial score (nSPS) is 25.0. The summed E-state index contributed by atoms with van der Waals surface area (Å²) < 4.78 is 5.15. The lowest BCUT2D eigenvalue weighted by atomic mass is 9.77. The second-order valence-corrected chi connectivity index (χ2v) is 5.32. The maximum absolute atomic E-state index is 5.74. The van der Waals surface area contributed by atoms with Gasteiger partial charge in [-0.2, -0.15) is 0 Å². The number of nitrogens with one attached hydrogen (secondary N) is 1. The highest BCUT2D eigenvalue weighted by Gasteiger charge is 2.28. The molecular weight excluding hydrogens is 240 g/mol. The molecule has 3 N–H and O–H groups in total. The molecule has 1 aromatic heterocycles. The molecule has 1 saturated carbocycles. The lowest BCUT2D eigenvalue weighted by Gasteiger charge is -2.32. The van der Waals surface area contributed by atoms with Crippen molar-refractivity contribution in [2.24, 2.45) is 17.7 Å². The average Bonchev–Trinajstić information content (AvgIpc) is 2.49. The summed E-state index contributed by atoms with van der Waals surface area (Å²) in [6.07, 6.45) is 7.83. The zero-order chi connectivity index (χ0) is 13.7. The predicted molar refractivity (Wildman–Crippen MR) is 74.4 cm³/mol. The first-order valence-electron chi connectivity index (χ1n) is 7.10. The number of hydrazine groups is 1. The van der Waals surface area contributed by atoms with Crippen molar-refractivity contribution < 1.29 is 4.74 Å². The third kappa shape index (κ3) is 3.42. The van der Waals surface area contributed by atoms with Crippen molar-refractivity contribution in [1.82, 2.24) is 15.4 Å². The molecule has 19 heavy (non-hydrogen) atoms. The van der Waals surface area contributed by atoms with Crippen molar-refractivity contribution in [2.45, 2.75) is 45.1 Å². The molecule has 0 amide bonds. The minimum absolute atomic E-state index is 0.0923. The van der Waals surface area contributed by atoms with Crippen LogP contribution in [0.25, 0.3) is 0 Å². The van der Waals surface area contributed by atoms with Gasteiger partial charge in [-0.05, 0) is 24.7 Å². The van der Waals surface area contributed by atoms with Crippen LogP contribution in [0.1, 0.15) is 50.8 Å². The fourth-order valence-electron chi connectivity index (χ4n) is 3.03. The Balaban J connectivity index is 2.07. The minimum Gasteiger partial charge on any atom is -0.481 e. The van der Waals surface area contributed by atoms with Crippen molar-refractivity contribution >= 4 is 0 Å². The summed E-state index contributed by atoms with van der Waals surface area (Å²) >= 11 is 0. The summed E-state index contributed by atoms with van der Waals surface area (Å²) in [4.78, 5) is 8.38. The minimum atomic E-state index is 0.0923. The number of nitrogens with zero attached hydrogens (tertiary/aromatic N) is 2. The van der Waals surface area contributed by atoms with E-state index in [-0.39, 0.29) is 6.04 Å². The van der Waals surface area contributed by atoms with E-state index in [0.29, 0.717) is 11.8 Å². The van der Waals surface area contributed by atoms with E-state index in [1.807, 2.05) is 6.07 Å². The van der Waals surface area contributed by atoms with Gasteiger partial charge >= 0.3 is 0 Å². The van der Waals surface area contributed by atoms with E-state index in [9.17, 15) is 0 Å². The van der Waals surface area contributed by atoms with Crippen molar-refractivity contribution in [3.8, 4) is 5.88 Å². The molecule has 0 aromatic carbocycles. The number of hydrogen-bond donors (Lipinski definition) is 2. The largest absolute Gasteiger partial charge is 0.481 e. The summed E-state index contributed by atoms with van der Waals surface area (Å²) in [6.45, 7) is 2.28. The molecule has 1 aliphatic rings. The zero-order valence-corrected chi connectivity index (χ0v) is 11.8. The molecule has 1 aromatic rings. The van der Waals surface area contributed by atoms with Gasteiger partial charge in [0, 0.05) is 6.07 Å².